The van der Waals surface area contributed by atoms with Crippen LogP contribution in [0.3, 0.4) is 0 Å². The van der Waals surface area contributed by atoms with E-state index in [1.54, 1.807) is 4.90 Å². The maximum Gasteiger partial charge on any atom is 0.332 e. The van der Waals surface area contributed by atoms with Crippen molar-refractivity contribution < 1.29 is 9.59 Å². The third-order valence-electron chi connectivity index (χ3n) is 5.05. The first-order chi connectivity index (χ1) is 10.8. The van der Waals surface area contributed by atoms with Crippen LogP contribution < -0.4 is 4.90 Å². The molecule has 2 aliphatic heterocycles. The van der Waals surface area contributed by atoms with Crippen molar-refractivity contribution in [2.24, 2.45) is 5.92 Å². The van der Waals surface area contributed by atoms with Gasteiger partial charge in [0, 0.05) is 11.3 Å². The van der Waals surface area contributed by atoms with Crippen LogP contribution in [0.25, 0.3) is 10.8 Å². The highest BCUT2D eigenvalue weighted by Crippen LogP contribution is 2.44. The first-order valence-corrected chi connectivity index (χ1v) is 7.58. The summed E-state index contributed by atoms with van der Waals surface area (Å²) in [6.07, 6.45) is 5.04. The fourth-order valence-corrected chi connectivity index (χ4v) is 4.09. The third-order valence-corrected chi connectivity index (χ3v) is 5.05. The van der Waals surface area contributed by atoms with E-state index in [1.165, 1.54) is 4.90 Å². The molecule has 22 heavy (non-hydrogen) atoms. The van der Waals surface area contributed by atoms with Gasteiger partial charge in [0.2, 0.25) is 0 Å². The largest absolute Gasteiger partial charge is 0.332 e. The lowest BCUT2D eigenvalue weighted by Gasteiger charge is -2.22. The molecule has 0 saturated carbocycles. The van der Waals surface area contributed by atoms with Crippen molar-refractivity contribution in [2.45, 2.75) is 18.5 Å². The molecule has 2 fully saturated rings. The predicted octanol–water partition coefficient (Wildman–Crippen LogP) is 2.94. The van der Waals surface area contributed by atoms with Gasteiger partial charge in [-0.15, -0.1) is 0 Å². The minimum atomic E-state index is -0.304. The summed E-state index contributed by atoms with van der Waals surface area (Å²) in [7, 11) is 0. The van der Waals surface area contributed by atoms with Crippen LogP contribution in [0, 0.1) is 5.92 Å². The molecule has 0 aromatic heterocycles. The summed E-state index contributed by atoms with van der Waals surface area (Å²) < 4.78 is 0. The molecule has 3 amide bonds. The molecule has 1 aliphatic carbocycles. The SMILES string of the molecule is O=C1C2C3C=CC(C3)N2C(=O)N1c1cccc2ccccc12. The summed E-state index contributed by atoms with van der Waals surface area (Å²) in [6.45, 7) is 0. The Morgan fingerprint density at radius 1 is 0.955 bits per heavy atom. The monoisotopic (exact) mass is 290 g/mol. The number of hydrogen-bond acceptors (Lipinski definition) is 2. The zero-order valence-electron chi connectivity index (χ0n) is 11.8. The lowest BCUT2D eigenvalue weighted by molar-refractivity contribution is -0.119. The molecule has 2 saturated heterocycles. The second-order valence-electron chi connectivity index (χ2n) is 6.16. The van der Waals surface area contributed by atoms with Gasteiger partial charge in [0.25, 0.3) is 5.91 Å². The molecule has 0 radical (unpaired) electrons. The van der Waals surface area contributed by atoms with Gasteiger partial charge in [-0.2, -0.15) is 0 Å². The van der Waals surface area contributed by atoms with Crippen molar-refractivity contribution in [3.05, 3.63) is 54.6 Å². The molecule has 4 heteroatoms. The van der Waals surface area contributed by atoms with Crippen LogP contribution in [-0.2, 0) is 4.79 Å². The lowest BCUT2D eigenvalue weighted by atomic mass is 10.0. The van der Waals surface area contributed by atoms with Crippen molar-refractivity contribution in [3.8, 4) is 0 Å². The van der Waals surface area contributed by atoms with Crippen molar-refractivity contribution in [1.82, 2.24) is 4.90 Å². The average Bonchev–Trinajstić information content (AvgIpc) is 3.21. The number of imide groups is 1. The summed E-state index contributed by atoms with van der Waals surface area (Å²) in [5, 5.41) is 1.97. The highest BCUT2D eigenvalue weighted by Gasteiger charge is 2.57. The van der Waals surface area contributed by atoms with Crippen LogP contribution in [0.2, 0.25) is 0 Å². The number of fused-ring (bicyclic) bond motifs is 6. The number of anilines is 1. The van der Waals surface area contributed by atoms with Crippen molar-refractivity contribution in [3.63, 3.8) is 0 Å². The Kier molecular flexibility index (Phi) is 2.16. The number of benzene rings is 2. The molecule has 2 heterocycles. The van der Waals surface area contributed by atoms with E-state index in [4.69, 9.17) is 0 Å². The molecular formula is C18H14N2O2. The van der Waals surface area contributed by atoms with Crippen molar-refractivity contribution >= 4 is 28.4 Å². The Morgan fingerprint density at radius 2 is 1.77 bits per heavy atom. The number of nitrogens with zero attached hydrogens (tertiary/aromatic N) is 2. The minimum Gasteiger partial charge on any atom is -0.305 e. The molecule has 5 rings (SSSR count). The smallest absolute Gasteiger partial charge is 0.305 e. The highest BCUT2D eigenvalue weighted by molar-refractivity contribution is 6.25. The van der Waals surface area contributed by atoms with Crippen molar-refractivity contribution in [2.75, 3.05) is 4.90 Å². The fraction of sp³-hybridized carbons (Fsp3) is 0.222. The Balaban J connectivity index is 1.67. The van der Waals surface area contributed by atoms with Crippen molar-refractivity contribution in [1.29, 1.82) is 0 Å². The van der Waals surface area contributed by atoms with Crippen LogP contribution in [0.15, 0.2) is 54.6 Å². The molecule has 3 atom stereocenters. The van der Waals surface area contributed by atoms with E-state index in [0.717, 1.165) is 17.2 Å². The lowest BCUT2D eigenvalue weighted by Crippen LogP contribution is -2.38. The summed E-state index contributed by atoms with van der Waals surface area (Å²) in [4.78, 5) is 28.8. The first kappa shape index (κ1) is 12.0. The second-order valence-corrected chi connectivity index (χ2v) is 6.16. The Morgan fingerprint density at radius 3 is 2.64 bits per heavy atom. The summed E-state index contributed by atoms with van der Waals surface area (Å²) >= 11 is 0. The maximum atomic E-state index is 12.9. The standard InChI is InChI=1S/C18H14N2O2/c21-17-16-12-8-9-13(10-12)19(16)18(22)20(17)15-7-3-5-11-4-1-2-6-14(11)15/h1-9,12-13,16H,10H2. The molecule has 108 valence electrons. The predicted molar refractivity (Wildman–Crippen MR) is 83.5 cm³/mol. The van der Waals surface area contributed by atoms with Gasteiger partial charge in [0.1, 0.15) is 6.04 Å². The molecule has 0 spiro atoms. The van der Waals surface area contributed by atoms with E-state index < -0.39 is 0 Å². The van der Waals surface area contributed by atoms with Gasteiger partial charge < -0.3 is 4.90 Å². The number of rotatable bonds is 1. The van der Waals surface area contributed by atoms with Crippen LogP contribution in [-0.4, -0.2) is 28.9 Å². The van der Waals surface area contributed by atoms with Gasteiger partial charge in [-0.05, 0) is 17.9 Å². The fourth-order valence-electron chi connectivity index (χ4n) is 4.09. The molecular weight excluding hydrogens is 276 g/mol. The zero-order valence-corrected chi connectivity index (χ0v) is 11.8. The van der Waals surface area contributed by atoms with Gasteiger partial charge in [-0.1, -0.05) is 48.6 Å². The summed E-state index contributed by atoms with van der Waals surface area (Å²) in [6, 6.07) is 13.2. The topological polar surface area (TPSA) is 40.6 Å². The number of urea groups is 1. The van der Waals surface area contributed by atoms with Gasteiger partial charge in [-0.3, -0.25) is 4.79 Å². The van der Waals surface area contributed by atoms with E-state index in [1.807, 2.05) is 42.5 Å². The molecule has 2 aromatic carbocycles. The van der Waals surface area contributed by atoms with E-state index in [0.29, 0.717) is 5.69 Å². The molecule has 0 N–H and O–H groups in total. The van der Waals surface area contributed by atoms with Gasteiger partial charge in [-0.25, -0.2) is 9.69 Å². The molecule has 3 unspecified atom stereocenters. The highest BCUT2D eigenvalue weighted by atomic mass is 16.2. The summed E-state index contributed by atoms with van der Waals surface area (Å²) in [5.74, 6) is 0.0969. The van der Waals surface area contributed by atoms with E-state index in [9.17, 15) is 9.59 Å². The van der Waals surface area contributed by atoms with E-state index in [2.05, 4.69) is 12.2 Å². The molecule has 3 aliphatic rings. The van der Waals surface area contributed by atoms with Crippen LogP contribution in [0.1, 0.15) is 6.42 Å². The van der Waals surface area contributed by atoms with E-state index in [-0.39, 0.29) is 29.9 Å². The van der Waals surface area contributed by atoms with Gasteiger partial charge >= 0.3 is 6.03 Å². The normalized spacial score (nSPS) is 29.0. The zero-order chi connectivity index (χ0) is 14.8. The quantitative estimate of drug-likeness (QED) is 0.598. The third kappa shape index (κ3) is 1.32. The molecule has 2 aromatic rings. The maximum absolute atomic E-state index is 12.9. The first-order valence-electron chi connectivity index (χ1n) is 7.58. The second kappa shape index (κ2) is 3.97. The van der Waals surface area contributed by atoms with Crippen LogP contribution in [0.4, 0.5) is 10.5 Å². The van der Waals surface area contributed by atoms with E-state index >= 15 is 0 Å². The number of carbonyl (C=O) groups is 2. The minimum absolute atomic E-state index is 0.0850. The summed E-state index contributed by atoms with van der Waals surface area (Å²) in [5.41, 5.74) is 0.696. The Bertz CT molecular complexity index is 822. The Hall–Kier alpha value is -2.62. The number of carbonyl (C=O) groups excluding carboxylic acids is 2. The van der Waals surface area contributed by atoms with Gasteiger partial charge in [0.05, 0.1) is 11.7 Å². The molecule has 4 nitrogen and oxygen atoms in total. The number of hydrogen-bond donors (Lipinski definition) is 0. The average molecular weight is 290 g/mol. The number of amides is 3. The van der Waals surface area contributed by atoms with Gasteiger partial charge in [0.15, 0.2) is 0 Å². The molecule has 2 bridgehead atoms. The van der Waals surface area contributed by atoms with Crippen LogP contribution in [0.5, 0.6) is 0 Å². The Labute approximate surface area is 127 Å². The van der Waals surface area contributed by atoms with Crippen LogP contribution >= 0.6 is 0 Å².